The Bertz CT molecular complexity index is 213. The number of halogens is 2. The van der Waals surface area contributed by atoms with Crippen LogP contribution in [0.2, 0.25) is 0 Å². The van der Waals surface area contributed by atoms with Gasteiger partial charge in [-0.15, -0.1) is 23.2 Å². The molecular formula is C11H19Cl2N. The average Bonchev–Trinajstić information content (AvgIpc) is 2.69. The third-order valence-corrected chi connectivity index (χ3v) is 3.71. The number of hydrogen-bond acceptors (Lipinski definition) is 1. The first-order valence-corrected chi connectivity index (χ1v) is 6.04. The van der Waals surface area contributed by atoms with Crippen molar-refractivity contribution in [3.63, 3.8) is 0 Å². The molecule has 0 heterocycles. The summed E-state index contributed by atoms with van der Waals surface area (Å²) in [6.45, 7) is 9.08. The molecule has 14 heavy (non-hydrogen) atoms. The summed E-state index contributed by atoms with van der Waals surface area (Å²) in [6.07, 6.45) is 3.12. The zero-order valence-electron chi connectivity index (χ0n) is 8.95. The molecule has 0 aromatic rings. The van der Waals surface area contributed by atoms with E-state index in [0.717, 1.165) is 31.5 Å². The topological polar surface area (TPSA) is 12.0 Å². The molecule has 1 nitrogen and oxygen atoms in total. The fourth-order valence-corrected chi connectivity index (χ4v) is 2.11. The summed E-state index contributed by atoms with van der Waals surface area (Å²) < 4.78 is 0. The van der Waals surface area contributed by atoms with Gasteiger partial charge in [-0.25, -0.2) is 0 Å². The van der Waals surface area contributed by atoms with Gasteiger partial charge in [0, 0.05) is 17.1 Å². The SMILES string of the molecule is C=C(NCCC)C(Cl)CC1CC1(C)Cl. The monoisotopic (exact) mass is 235 g/mol. The Balaban J connectivity index is 2.21. The second-order valence-electron chi connectivity index (χ2n) is 4.33. The molecule has 0 aromatic carbocycles. The van der Waals surface area contributed by atoms with E-state index >= 15 is 0 Å². The van der Waals surface area contributed by atoms with Crippen LogP contribution in [0.5, 0.6) is 0 Å². The maximum Gasteiger partial charge on any atom is 0.0729 e. The Labute approximate surface area is 96.8 Å². The van der Waals surface area contributed by atoms with Crippen molar-refractivity contribution in [2.75, 3.05) is 6.54 Å². The molecular weight excluding hydrogens is 217 g/mol. The summed E-state index contributed by atoms with van der Waals surface area (Å²) in [5, 5.41) is 3.24. The van der Waals surface area contributed by atoms with Crippen molar-refractivity contribution < 1.29 is 0 Å². The quantitative estimate of drug-likeness (QED) is 0.696. The summed E-state index contributed by atoms with van der Waals surface area (Å²) >= 11 is 12.4. The van der Waals surface area contributed by atoms with Gasteiger partial charge in [-0.1, -0.05) is 13.5 Å². The summed E-state index contributed by atoms with van der Waals surface area (Å²) in [5.74, 6) is 0.562. The van der Waals surface area contributed by atoms with E-state index in [1.165, 1.54) is 0 Å². The van der Waals surface area contributed by atoms with Crippen molar-refractivity contribution in [3.8, 4) is 0 Å². The molecule has 0 aromatic heterocycles. The average molecular weight is 236 g/mol. The van der Waals surface area contributed by atoms with Crippen molar-refractivity contribution in [1.29, 1.82) is 0 Å². The minimum atomic E-state index is -0.00181. The fourth-order valence-electron chi connectivity index (χ4n) is 1.54. The molecule has 0 saturated heterocycles. The molecule has 0 radical (unpaired) electrons. The van der Waals surface area contributed by atoms with Gasteiger partial charge >= 0.3 is 0 Å². The van der Waals surface area contributed by atoms with Gasteiger partial charge in [0.1, 0.15) is 0 Å². The van der Waals surface area contributed by atoms with E-state index in [9.17, 15) is 0 Å². The summed E-state index contributed by atoms with van der Waals surface area (Å²) in [6, 6.07) is 0. The van der Waals surface area contributed by atoms with E-state index in [4.69, 9.17) is 23.2 Å². The highest BCUT2D eigenvalue weighted by Crippen LogP contribution is 2.52. The van der Waals surface area contributed by atoms with Crippen molar-refractivity contribution in [3.05, 3.63) is 12.3 Å². The first-order valence-electron chi connectivity index (χ1n) is 5.23. The van der Waals surface area contributed by atoms with Gasteiger partial charge in [-0.2, -0.15) is 0 Å². The van der Waals surface area contributed by atoms with Gasteiger partial charge in [-0.05, 0) is 32.1 Å². The van der Waals surface area contributed by atoms with Crippen molar-refractivity contribution in [2.24, 2.45) is 5.92 Å². The molecule has 0 aliphatic heterocycles. The molecule has 1 aliphatic rings. The zero-order chi connectivity index (χ0) is 10.8. The zero-order valence-corrected chi connectivity index (χ0v) is 10.5. The Morgan fingerprint density at radius 2 is 2.29 bits per heavy atom. The summed E-state index contributed by atoms with van der Waals surface area (Å²) in [4.78, 5) is -0.00181. The van der Waals surface area contributed by atoms with E-state index < -0.39 is 0 Å². The van der Waals surface area contributed by atoms with E-state index in [0.29, 0.717) is 5.92 Å². The largest absolute Gasteiger partial charge is 0.388 e. The molecule has 82 valence electrons. The van der Waals surface area contributed by atoms with Gasteiger partial charge in [0.2, 0.25) is 0 Å². The number of alkyl halides is 2. The molecule has 3 heteroatoms. The maximum absolute atomic E-state index is 6.21. The highest BCUT2D eigenvalue weighted by Gasteiger charge is 2.48. The number of hydrogen-bond donors (Lipinski definition) is 1. The first kappa shape index (κ1) is 12.2. The molecule has 3 atom stereocenters. The predicted molar refractivity (Wildman–Crippen MR) is 64.1 cm³/mol. The molecule has 0 amide bonds. The van der Waals surface area contributed by atoms with Crippen LogP contribution in [0, 0.1) is 5.92 Å². The highest BCUT2D eigenvalue weighted by molar-refractivity contribution is 6.26. The van der Waals surface area contributed by atoms with Crippen molar-refractivity contribution >= 4 is 23.2 Å². The number of allylic oxidation sites excluding steroid dienone is 1. The third-order valence-electron chi connectivity index (χ3n) is 2.81. The second kappa shape index (κ2) is 4.76. The van der Waals surface area contributed by atoms with Gasteiger partial charge < -0.3 is 5.32 Å². The van der Waals surface area contributed by atoms with E-state index in [-0.39, 0.29) is 10.3 Å². The van der Waals surface area contributed by atoms with Crippen LogP contribution < -0.4 is 5.32 Å². The van der Waals surface area contributed by atoms with Gasteiger partial charge in [0.25, 0.3) is 0 Å². The van der Waals surface area contributed by atoms with Gasteiger partial charge in [0.15, 0.2) is 0 Å². The molecule has 1 fully saturated rings. The van der Waals surface area contributed by atoms with Crippen LogP contribution in [0.25, 0.3) is 0 Å². The van der Waals surface area contributed by atoms with Crippen LogP contribution in [-0.4, -0.2) is 16.8 Å². The third kappa shape index (κ3) is 3.36. The maximum atomic E-state index is 6.21. The lowest BCUT2D eigenvalue weighted by molar-refractivity contribution is 0.648. The standard InChI is InChI=1S/C11H19Cl2N/c1-4-5-14-8(2)10(12)6-9-7-11(9,3)13/h9-10,14H,2,4-7H2,1,3H3. The van der Waals surface area contributed by atoms with Crippen LogP contribution in [0.1, 0.15) is 33.1 Å². The van der Waals surface area contributed by atoms with Crippen LogP contribution in [0.15, 0.2) is 12.3 Å². The normalized spacial score (nSPS) is 32.4. The molecule has 1 aliphatic carbocycles. The van der Waals surface area contributed by atoms with Crippen molar-refractivity contribution in [1.82, 2.24) is 5.32 Å². The van der Waals surface area contributed by atoms with Gasteiger partial charge in [0.05, 0.1) is 5.38 Å². The molecule has 3 unspecified atom stereocenters. The minimum Gasteiger partial charge on any atom is -0.388 e. The van der Waals surface area contributed by atoms with Crippen LogP contribution in [0.3, 0.4) is 0 Å². The van der Waals surface area contributed by atoms with Crippen LogP contribution in [-0.2, 0) is 0 Å². The van der Waals surface area contributed by atoms with Crippen LogP contribution in [0.4, 0.5) is 0 Å². The molecule has 1 saturated carbocycles. The van der Waals surface area contributed by atoms with E-state index in [1.807, 2.05) is 0 Å². The summed E-state index contributed by atoms with van der Waals surface area (Å²) in [5.41, 5.74) is 0.938. The molecule has 1 N–H and O–H groups in total. The second-order valence-corrected chi connectivity index (χ2v) is 5.72. The Morgan fingerprint density at radius 1 is 1.71 bits per heavy atom. The smallest absolute Gasteiger partial charge is 0.0729 e. The van der Waals surface area contributed by atoms with Crippen molar-refractivity contribution in [2.45, 2.75) is 43.4 Å². The lowest BCUT2D eigenvalue weighted by Crippen LogP contribution is -2.21. The molecule has 0 bridgehead atoms. The highest BCUT2D eigenvalue weighted by atomic mass is 35.5. The lowest BCUT2D eigenvalue weighted by Gasteiger charge is -2.14. The fraction of sp³-hybridized carbons (Fsp3) is 0.818. The van der Waals surface area contributed by atoms with E-state index in [2.05, 4.69) is 25.7 Å². The Hall–Kier alpha value is 0.120. The molecule has 1 rings (SSSR count). The Kier molecular flexibility index (Phi) is 4.15. The lowest BCUT2D eigenvalue weighted by atomic mass is 10.1. The van der Waals surface area contributed by atoms with E-state index in [1.54, 1.807) is 0 Å². The Morgan fingerprint density at radius 3 is 2.71 bits per heavy atom. The van der Waals surface area contributed by atoms with Gasteiger partial charge in [-0.3, -0.25) is 0 Å². The number of nitrogens with one attached hydrogen (secondary N) is 1. The summed E-state index contributed by atoms with van der Waals surface area (Å²) in [7, 11) is 0. The minimum absolute atomic E-state index is 0.00181. The number of rotatable bonds is 6. The van der Waals surface area contributed by atoms with Crippen LogP contribution >= 0.6 is 23.2 Å². The predicted octanol–water partition coefficient (Wildman–Crippen LogP) is 3.51. The first-order chi connectivity index (χ1) is 6.47. The molecule has 0 spiro atoms.